The minimum Gasteiger partial charge on any atom is -0.493 e. The van der Waals surface area contributed by atoms with E-state index in [0.29, 0.717) is 35.3 Å². The molecule has 1 saturated heterocycles. The van der Waals surface area contributed by atoms with Crippen molar-refractivity contribution in [1.82, 2.24) is 10.2 Å². The molecule has 0 bridgehead atoms. The van der Waals surface area contributed by atoms with E-state index >= 15 is 0 Å². The van der Waals surface area contributed by atoms with Gasteiger partial charge in [-0.15, -0.1) is 0 Å². The fourth-order valence-electron chi connectivity index (χ4n) is 2.57. The molecule has 1 aliphatic heterocycles. The number of nitrogens with one attached hydrogen (secondary N) is 1. The molecule has 0 spiro atoms. The number of hydrogen-bond donors (Lipinski definition) is 1. The smallest absolute Gasteiger partial charge is 0.257 e. The van der Waals surface area contributed by atoms with Crippen LogP contribution in [-0.4, -0.2) is 55.4 Å². The van der Waals surface area contributed by atoms with Crippen LogP contribution in [0.2, 0.25) is 0 Å². The summed E-state index contributed by atoms with van der Waals surface area (Å²) in [5.41, 5.74) is 0.458. The molecule has 126 valence electrons. The monoisotopic (exact) mass is 338 g/mol. The highest BCUT2D eigenvalue weighted by molar-refractivity contribution is 7.80. The molecule has 1 aromatic carbocycles. The van der Waals surface area contributed by atoms with Crippen molar-refractivity contribution in [2.75, 3.05) is 27.3 Å². The first kappa shape index (κ1) is 17.5. The number of amides is 1. The molecule has 2 atom stereocenters. The number of rotatable bonds is 3. The van der Waals surface area contributed by atoms with Crippen molar-refractivity contribution in [2.24, 2.45) is 0 Å². The van der Waals surface area contributed by atoms with E-state index in [1.165, 1.54) is 7.11 Å². The van der Waals surface area contributed by atoms with Gasteiger partial charge < -0.3 is 19.1 Å². The van der Waals surface area contributed by atoms with E-state index in [2.05, 4.69) is 5.32 Å². The van der Waals surface area contributed by atoms with Gasteiger partial charge in [0.15, 0.2) is 16.6 Å². The van der Waals surface area contributed by atoms with Gasteiger partial charge in [-0.25, -0.2) is 0 Å². The average molecular weight is 338 g/mol. The molecule has 1 heterocycles. The zero-order chi connectivity index (χ0) is 17.0. The Morgan fingerprint density at radius 1 is 1.22 bits per heavy atom. The lowest BCUT2D eigenvalue weighted by Gasteiger charge is -2.36. The van der Waals surface area contributed by atoms with Crippen LogP contribution in [0.25, 0.3) is 0 Å². The normalized spacial score (nSPS) is 20.8. The second kappa shape index (κ2) is 7.61. The molecule has 1 fully saturated rings. The summed E-state index contributed by atoms with van der Waals surface area (Å²) in [5, 5.41) is 3.17. The molecule has 0 aliphatic carbocycles. The Morgan fingerprint density at radius 3 is 2.39 bits per heavy atom. The molecule has 0 saturated carbocycles. The van der Waals surface area contributed by atoms with Crippen LogP contribution >= 0.6 is 12.2 Å². The lowest BCUT2D eigenvalue weighted by atomic mass is 10.2. The van der Waals surface area contributed by atoms with Crippen molar-refractivity contribution in [3.8, 4) is 11.5 Å². The highest BCUT2D eigenvalue weighted by Crippen LogP contribution is 2.27. The first-order valence-corrected chi connectivity index (χ1v) is 7.83. The van der Waals surface area contributed by atoms with Crippen molar-refractivity contribution in [2.45, 2.75) is 26.1 Å². The molecule has 7 heteroatoms. The van der Waals surface area contributed by atoms with Gasteiger partial charge in [-0.3, -0.25) is 10.1 Å². The minimum absolute atomic E-state index is 0.0784. The van der Waals surface area contributed by atoms with Crippen LogP contribution in [-0.2, 0) is 4.74 Å². The number of methoxy groups -OCH3 is 2. The van der Waals surface area contributed by atoms with Crippen molar-refractivity contribution < 1.29 is 19.0 Å². The third-order valence-electron chi connectivity index (χ3n) is 3.57. The van der Waals surface area contributed by atoms with E-state index in [0.717, 1.165) is 0 Å². The highest BCUT2D eigenvalue weighted by Gasteiger charge is 2.25. The zero-order valence-corrected chi connectivity index (χ0v) is 14.6. The largest absolute Gasteiger partial charge is 0.493 e. The van der Waals surface area contributed by atoms with E-state index in [9.17, 15) is 4.79 Å². The van der Waals surface area contributed by atoms with Gasteiger partial charge in [0.2, 0.25) is 0 Å². The van der Waals surface area contributed by atoms with Crippen LogP contribution < -0.4 is 14.8 Å². The number of carbonyl (C=O) groups is 1. The lowest BCUT2D eigenvalue weighted by Crippen LogP contribution is -2.52. The number of thiocarbonyl (C=S) groups is 1. The van der Waals surface area contributed by atoms with Crippen molar-refractivity contribution >= 4 is 23.2 Å². The predicted molar refractivity (Wildman–Crippen MR) is 91.2 cm³/mol. The van der Waals surface area contributed by atoms with Gasteiger partial charge >= 0.3 is 0 Å². The average Bonchev–Trinajstić information content (AvgIpc) is 2.53. The molecule has 0 aromatic heterocycles. The van der Waals surface area contributed by atoms with Crippen LogP contribution in [0.4, 0.5) is 0 Å². The van der Waals surface area contributed by atoms with Crippen LogP contribution in [0.15, 0.2) is 18.2 Å². The Labute approximate surface area is 141 Å². The third-order valence-corrected chi connectivity index (χ3v) is 3.93. The zero-order valence-electron chi connectivity index (χ0n) is 13.8. The molecule has 1 aromatic rings. The second-order valence-electron chi connectivity index (χ2n) is 5.49. The van der Waals surface area contributed by atoms with Crippen LogP contribution in [0.3, 0.4) is 0 Å². The van der Waals surface area contributed by atoms with Gasteiger partial charge in [0.25, 0.3) is 5.91 Å². The van der Waals surface area contributed by atoms with E-state index < -0.39 is 0 Å². The maximum absolute atomic E-state index is 12.4. The summed E-state index contributed by atoms with van der Waals surface area (Å²) in [4.78, 5) is 14.3. The Hall–Kier alpha value is -1.86. The molecule has 2 rings (SSSR count). The van der Waals surface area contributed by atoms with Gasteiger partial charge in [0.1, 0.15) is 0 Å². The van der Waals surface area contributed by atoms with Crippen LogP contribution in [0, 0.1) is 0 Å². The molecular formula is C16H22N2O4S. The van der Waals surface area contributed by atoms with Gasteiger partial charge in [0, 0.05) is 18.7 Å². The topological polar surface area (TPSA) is 60.0 Å². The molecule has 1 N–H and O–H groups in total. The summed E-state index contributed by atoms with van der Waals surface area (Å²) in [6, 6.07) is 4.99. The van der Waals surface area contributed by atoms with E-state index in [1.54, 1.807) is 25.3 Å². The third kappa shape index (κ3) is 4.33. The summed E-state index contributed by atoms with van der Waals surface area (Å²) in [6.07, 6.45) is 0.157. The SMILES string of the molecule is COc1ccc(C(=O)NC(=S)N2C[C@@H](C)O[C@@H](C)C2)cc1OC. The van der Waals surface area contributed by atoms with Crippen molar-refractivity contribution in [3.05, 3.63) is 23.8 Å². The number of morpholine rings is 1. The number of hydrogen-bond acceptors (Lipinski definition) is 5. The van der Waals surface area contributed by atoms with Gasteiger partial charge in [-0.05, 0) is 44.3 Å². The fraction of sp³-hybridized carbons (Fsp3) is 0.500. The summed E-state index contributed by atoms with van der Waals surface area (Å²) in [6.45, 7) is 5.30. The molecule has 1 amide bonds. The molecule has 0 unspecified atom stereocenters. The standard InChI is InChI=1S/C16H22N2O4S/c1-10-8-18(9-11(2)22-10)16(23)17-15(19)12-5-6-13(20-3)14(7-12)21-4/h5-7,10-11H,8-9H2,1-4H3,(H,17,19,23)/t10-,11+. The first-order chi connectivity index (χ1) is 10.9. The minimum atomic E-state index is -0.275. The Bertz CT molecular complexity index is 583. The summed E-state index contributed by atoms with van der Waals surface area (Å²) in [7, 11) is 3.08. The number of carbonyl (C=O) groups excluding carboxylic acids is 1. The predicted octanol–water partition coefficient (Wildman–Crippen LogP) is 1.83. The van der Waals surface area contributed by atoms with Crippen LogP contribution in [0.1, 0.15) is 24.2 Å². The number of ether oxygens (including phenoxy) is 3. The molecular weight excluding hydrogens is 316 g/mol. The van der Waals surface area contributed by atoms with Gasteiger partial charge in [-0.2, -0.15) is 0 Å². The van der Waals surface area contributed by atoms with Crippen molar-refractivity contribution in [1.29, 1.82) is 0 Å². The summed E-state index contributed by atoms with van der Waals surface area (Å²) in [5.74, 6) is 0.796. The van der Waals surface area contributed by atoms with E-state index in [1.807, 2.05) is 18.7 Å². The maximum atomic E-state index is 12.4. The Kier molecular flexibility index (Phi) is 5.79. The van der Waals surface area contributed by atoms with Gasteiger partial charge in [-0.1, -0.05) is 0 Å². The fourth-order valence-corrected chi connectivity index (χ4v) is 2.81. The van der Waals surface area contributed by atoms with Crippen LogP contribution in [0.5, 0.6) is 11.5 Å². The van der Waals surface area contributed by atoms with E-state index in [4.69, 9.17) is 26.4 Å². The quantitative estimate of drug-likeness (QED) is 0.849. The van der Waals surface area contributed by atoms with E-state index in [-0.39, 0.29) is 18.1 Å². The molecule has 23 heavy (non-hydrogen) atoms. The second-order valence-corrected chi connectivity index (χ2v) is 5.88. The maximum Gasteiger partial charge on any atom is 0.257 e. The summed E-state index contributed by atoms with van der Waals surface area (Å²) >= 11 is 5.35. The van der Waals surface area contributed by atoms with Gasteiger partial charge in [0.05, 0.1) is 26.4 Å². The Balaban J connectivity index is 2.05. The van der Waals surface area contributed by atoms with Crippen molar-refractivity contribution in [3.63, 3.8) is 0 Å². The molecule has 6 nitrogen and oxygen atoms in total. The highest BCUT2D eigenvalue weighted by atomic mass is 32.1. The molecule has 1 aliphatic rings. The first-order valence-electron chi connectivity index (χ1n) is 7.42. The summed E-state index contributed by atoms with van der Waals surface area (Å²) < 4.78 is 16.0. The Morgan fingerprint density at radius 2 is 1.83 bits per heavy atom. The number of nitrogens with zero attached hydrogens (tertiary/aromatic N) is 1. The lowest BCUT2D eigenvalue weighted by molar-refractivity contribution is -0.0481. The molecule has 0 radical (unpaired) electrons. The number of benzene rings is 1.